The lowest BCUT2D eigenvalue weighted by molar-refractivity contribution is -0.143. The van der Waals surface area contributed by atoms with Crippen LogP contribution in [0, 0.1) is 46.3 Å². The van der Waals surface area contributed by atoms with Crippen LogP contribution in [0.2, 0.25) is 0 Å². The Balaban J connectivity index is 0.872. The number of fused-ring (bicyclic) bond motifs is 4. The van der Waals surface area contributed by atoms with Crippen molar-refractivity contribution >= 4 is 93.4 Å². The van der Waals surface area contributed by atoms with Gasteiger partial charge in [0, 0.05) is 0 Å². The SMILES string of the molecule is CN[C@@H](C)C(=S)N[C@H]1CCS[C@H]2CC(C)(C)[C@@H](C(=O)N[C@H]3c4ccccc4C[C@H]3C(=O)NCC#CC#CCNC(=O)[C@@H]3Cc4ccccc4[C@@H]3NC(=O)[C@H]3N4C(=O)[C@@H](NC(=S)[C@H](C)NC)CCS[C@H]4CC3(C)C)N2C1=O. The number of likely N-dealkylation sites (N-methyl/N-ethyl adjacent to an activating group) is 2. The molecule has 8 rings (SSSR count). The van der Waals surface area contributed by atoms with E-state index in [4.69, 9.17) is 24.4 Å². The molecule has 12 atom stereocenters. The molecule has 6 amide bonds. The first kappa shape index (κ1) is 57.0. The van der Waals surface area contributed by atoms with Crippen molar-refractivity contribution in [3.8, 4) is 23.7 Å². The Labute approximate surface area is 466 Å². The van der Waals surface area contributed by atoms with Gasteiger partial charge in [-0.25, -0.2) is 0 Å². The number of nitrogens with one attached hydrogen (secondary N) is 8. The number of thioether (sulfide) groups is 2. The van der Waals surface area contributed by atoms with Gasteiger partial charge in [-0.15, -0.1) is 23.5 Å². The Kier molecular flexibility index (Phi) is 18.1. The molecule has 2 aliphatic carbocycles. The van der Waals surface area contributed by atoms with E-state index < -0.39 is 58.9 Å². The molecule has 0 aromatic heterocycles. The molecule has 4 fully saturated rings. The molecule has 8 N–H and O–H groups in total. The molecule has 406 valence electrons. The number of carbonyl (C=O) groups is 6. The Hall–Kier alpha value is -5.22. The number of carbonyl (C=O) groups excluding carboxylic acids is 6. The minimum absolute atomic E-state index is 0.00869. The molecule has 4 saturated heterocycles. The van der Waals surface area contributed by atoms with Crippen molar-refractivity contribution in [3.63, 3.8) is 0 Å². The van der Waals surface area contributed by atoms with Crippen LogP contribution >= 0.6 is 48.0 Å². The molecule has 16 nitrogen and oxygen atoms in total. The first-order valence-corrected chi connectivity index (χ1v) is 29.3. The molecular weight excluding hydrogens is 1040 g/mol. The van der Waals surface area contributed by atoms with E-state index in [-0.39, 0.29) is 71.4 Å². The summed E-state index contributed by atoms with van der Waals surface area (Å²) in [5.74, 6) is 10.1. The van der Waals surface area contributed by atoms with Crippen molar-refractivity contribution in [1.29, 1.82) is 0 Å². The second kappa shape index (κ2) is 24.2. The Morgan fingerprint density at radius 2 is 1.00 bits per heavy atom. The number of thiocarbonyl (C=S) groups is 2. The highest BCUT2D eigenvalue weighted by atomic mass is 32.2. The lowest BCUT2D eigenvalue weighted by Gasteiger charge is -2.35. The summed E-state index contributed by atoms with van der Waals surface area (Å²) in [6.07, 6.45) is 3.30. The standard InChI is InChI=1S/C56H72N10O6S4/c1-31(57-7)51(73)61-39-21-25-75-41-29-55(3,4)45(65(41)53(39)71)49(69)63-43-35-19-13-11-17-33(35)27-37(43)47(67)59-23-15-9-10-16-24-60-48(68)38-28-34-18-12-14-20-36(34)44(38)64-50(70)46-56(5,6)30-42-66(46)54(72)40(22-26-76-42)62-52(74)32(2)58-8/h11-14,17-20,31-32,37-46,57-58H,21-30H2,1-8H3,(H,59,67)(H,60,68)(H,61,73)(H,62,74)(H,63,69)(H,64,70)/t31-,32-,37+,38+,39-,40-,41-,42-,43-,44-,45+,46+/m0/s1. The largest absolute Gasteiger partial charge is 0.367 e. The summed E-state index contributed by atoms with van der Waals surface area (Å²) >= 11 is 14.6. The van der Waals surface area contributed by atoms with Gasteiger partial charge in [0.25, 0.3) is 0 Å². The van der Waals surface area contributed by atoms with Crippen molar-refractivity contribution in [2.24, 2.45) is 22.7 Å². The number of nitrogens with zero attached hydrogens (tertiary/aromatic N) is 2. The smallest absolute Gasteiger partial charge is 0.246 e. The molecule has 2 aromatic carbocycles. The first-order chi connectivity index (χ1) is 36.3. The quantitative estimate of drug-likeness (QED) is 0.101. The van der Waals surface area contributed by atoms with Gasteiger partial charge in [-0.1, -0.05) is 113 Å². The van der Waals surface area contributed by atoms with E-state index in [9.17, 15) is 28.8 Å². The van der Waals surface area contributed by atoms with Crippen LogP contribution in [-0.2, 0) is 41.6 Å². The van der Waals surface area contributed by atoms with Gasteiger partial charge in [0.2, 0.25) is 35.4 Å². The molecule has 0 saturated carbocycles. The summed E-state index contributed by atoms with van der Waals surface area (Å²) in [4.78, 5) is 90.2. The molecule has 20 heteroatoms. The molecule has 0 unspecified atom stereocenters. The summed E-state index contributed by atoms with van der Waals surface area (Å²) in [7, 11) is 3.63. The Bertz CT molecular complexity index is 2570. The normalized spacial score (nSPS) is 28.4. The molecule has 2 aromatic rings. The summed E-state index contributed by atoms with van der Waals surface area (Å²) in [6.45, 7) is 12.0. The number of amides is 6. The maximum Gasteiger partial charge on any atom is 0.246 e. The van der Waals surface area contributed by atoms with Crippen LogP contribution in [0.15, 0.2) is 48.5 Å². The fraction of sp³-hybridized carbons (Fsp3) is 0.571. The van der Waals surface area contributed by atoms with Gasteiger partial charge in [-0.05, 0) is 123 Å². The van der Waals surface area contributed by atoms with Crippen molar-refractivity contribution < 1.29 is 28.8 Å². The fourth-order valence-electron chi connectivity index (χ4n) is 11.8. The molecule has 0 bridgehead atoms. The third-order valence-electron chi connectivity index (χ3n) is 16.1. The van der Waals surface area contributed by atoms with E-state index in [1.807, 2.05) is 104 Å². The van der Waals surface area contributed by atoms with Crippen LogP contribution in [0.25, 0.3) is 0 Å². The Morgan fingerprint density at radius 3 is 1.38 bits per heavy atom. The molecule has 4 aliphatic heterocycles. The van der Waals surface area contributed by atoms with E-state index >= 15 is 0 Å². The summed E-state index contributed by atoms with van der Waals surface area (Å²) in [5, 5.41) is 24.8. The van der Waals surface area contributed by atoms with Crippen molar-refractivity contribution in [3.05, 3.63) is 70.8 Å². The van der Waals surface area contributed by atoms with Gasteiger partial charge in [0.05, 0.1) is 69.8 Å². The average Bonchev–Trinajstić information content (AvgIpc) is 4.08. The van der Waals surface area contributed by atoms with E-state index in [0.717, 1.165) is 33.8 Å². The molecule has 76 heavy (non-hydrogen) atoms. The third-order valence-corrected chi connectivity index (χ3v) is 19.5. The van der Waals surface area contributed by atoms with Crippen LogP contribution in [0.5, 0.6) is 0 Å². The van der Waals surface area contributed by atoms with Gasteiger partial charge < -0.3 is 52.3 Å². The van der Waals surface area contributed by atoms with Crippen molar-refractivity contribution in [1.82, 2.24) is 52.3 Å². The topological polar surface area (TPSA) is 205 Å². The maximum atomic E-state index is 14.6. The fourth-order valence-corrected chi connectivity index (χ4v) is 15.4. The highest BCUT2D eigenvalue weighted by Gasteiger charge is 2.57. The van der Waals surface area contributed by atoms with Gasteiger partial charge in [0.1, 0.15) is 24.2 Å². The lowest BCUT2D eigenvalue weighted by atomic mass is 9.83. The molecule has 6 aliphatic rings. The van der Waals surface area contributed by atoms with Gasteiger partial charge >= 0.3 is 0 Å². The highest BCUT2D eigenvalue weighted by molar-refractivity contribution is 8.00. The van der Waals surface area contributed by atoms with Gasteiger partial charge in [0.15, 0.2) is 0 Å². The second-order valence-corrected chi connectivity index (χ2v) is 25.5. The first-order valence-electron chi connectivity index (χ1n) is 26.4. The maximum absolute atomic E-state index is 14.6. The minimum atomic E-state index is -0.762. The molecule has 0 spiro atoms. The van der Waals surface area contributed by atoms with E-state index in [0.29, 0.717) is 48.5 Å². The molecule has 4 heterocycles. The second-order valence-electron chi connectivity index (χ2n) is 22.1. The van der Waals surface area contributed by atoms with Crippen LogP contribution in [0.3, 0.4) is 0 Å². The van der Waals surface area contributed by atoms with Crippen LogP contribution in [0.4, 0.5) is 0 Å². The third kappa shape index (κ3) is 12.1. The number of rotatable bonds is 14. The molecular formula is C56H72N10O6S4. The number of hydrogen-bond donors (Lipinski definition) is 8. The zero-order chi connectivity index (χ0) is 54.6. The zero-order valence-electron chi connectivity index (χ0n) is 44.6. The summed E-state index contributed by atoms with van der Waals surface area (Å²) in [5.41, 5.74) is 2.58. The van der Waals surface area contributed by atoms with Crippen LogP contribution in [-0.4, -0.2) is 141 Å². The summed E-state index contributed by atoms with van der Waals surface area (Å²) < 4.78 is 0. The number of hydrogen-bond acceptors (Lipinski definition) is 12. The summed E-state index contributed by atoms with van der Waals surface area (Å²) in [6, 6.07) is 11.3. The van der Waals surface area contributed by atoms with Crippen molar-refractivity contribution in [2.45, 2.75) is 139 Å². The van der Waals surface area contributed by atoms with Crippen molar-refractivity contribution in [2.75, 3.05) is 38.7 Å². The van der Waals surface area contributed by atoms with E-state index in [1.54, 1.807) is 33.3 Å². The average molecular weight is 1110 g/mol. The van der Waals surface area contributed by atoms with Gasteiger partial charge in [-0.2, -0.15) is 0 Å². The zero-order valence-corrected chi connectivity index (χ0v) is 47.9. The Morgan fingerprint density at radius 1 is 0.618 bits per heavy atom. The van der Waals surface area contributed by atoms with Crippen LogP contribution in [0.1, 0.15) is 102 Å². The lowest BCUT2D eigenvalue weighted by Crippen LogP contribution is -2.58. The van der Waals surface area contributed by atoms with Gasteiger partial charge in [-0.3, -0.25) is 28.8 Å². The molecule has 0 radical (unpaired) electrons. The minimum Gasteiger partial charge on any atom is -0.367 e. The monoisotopic (exact) mass is 1110 g/mol. The highest BCUT2D eigenvalue weighted by Crippen LogP contribution is 2.49. The van der Waals surface area contributed by atoms with E-state index in [2.05, 4.69) is 66.2 Å². The number of benzene rings is 2. The van der Waals surface area contributed by atoms with E-state index in [1.165, 1.54) is 0 Å². The predicted octanol–water partition coefficient (Wildman–Crippen LogP) is 3.25. The predicted molar refractivity (Wildman–Crippen MR) is 306 cm³/mol. The van der Waals surface area contributed by atoms with Crippen LogP contribution < -0.4 is 42.5 Å².